The standard InChI is InChI=1S/C17H27NO2.ClH/c1-3-19-4-2-18(1)11-15-16(20-15)17-8-12-5-13(9-17)7-14(6-12)10-17;/h12-16H,1-11H2;1H/t12?,13?,14?,15-,16+,17?;/m1./s1. The summed E-state index contributed by atoms with van der Waals surface area (Å²) in [5.74, 6) is 3.15. The number of rotatable bonds is 3. The van der Waals surface area contributed by atoms with Crippen molar-refractivity contribution in [1.82, 2.24) is 4.90 Å². The molecule has 21 heavy (non-hydrogen) atoms. The second-order valence-corrected chi connectivity index (χ2v) is 8.29. The summed E-state index contributed by atoms with van der Waals surface area (Å²) in [7, 11) is 0. The third-order valence-corrected chi connectivity index (χ3v) is 6.81. The molecule has 4 bridgehead atoms. The number of halogens is 1. The highest BCUT2D eigenvalue weighted by Crippen LogP contribution is 2.64. The van der Waals surface area contributed by atoms with E-state index < -0.39 is 0 Å². The Labute approximate surface area is 134 Å². The van der Waals surface area contributed by atoms with E-state index in [0.29, 0.717) is 17.6 Å². The Kier molecular flexibility index (Phi) is 3.77. The van der Waals surface area contributed by atoms with Crippen molar-refractivity contribution < 1.29 is 9.47 Å². The largest absolute Gasteiger partial charge is 0.379 e. The Bertz CT molecular complexity index is 361. The summed E-state index contributed by atoms with van der Waals surface area (Å²) in [6.07, 6.45) is 10.2. The molecule has 0 spiro atoms. The van der Waals surface area contributed by atoms with E-state index in [0.717, 1.165) is 50.6 Å². The number of morpholine rings is 1. The van der Waals surface area contributed by atoms with E-state index in [4.69, 9.17) is 9.47 Å². The van der Waals surface area contributed by atoms with Gasteiger partial charge in [-0.3, -0.25) is 4.90 Å². The lowest BCUT2D eigenvalue weighted by Gasteiger charge is -2.56. The van der Waals surface area contributed by atoms with Gasteiger partial charge in [0.05, 0.1) is 25.4 Å². The Morgan fingerprint density at radius 3 is 2.05 bits per heavy atom. The van der Waals surface area contributed by atoms with E-state index in [1.54, 1.807) is 19.3 Å². The third-order valence-electron chi connectivity index (χ3n) is 6.81. The minimum absolute atomic E-state index is 0. The van der Waals surface area contributed by atoms with Crippen LogP contribution < -0.4 is 0 Å². The maximum atomic E-state index is 6.22. The number of epoxide rings is 1. The van der Waals surface area contributed by atoms with Crippen LogP contribution in [0.1, 0.15) is 38.5 Å². The average molecular weight is 314 g/mol. The molecule has 4 saturated carbocycles. The Morgan fingerprint density at radius 2 is 1.48 bits per heavy atom. The zero-order valence-electron chi connectivity index (χ0n) is 12.8. The van der Waals surface area contributed by atoms with Crippen molar-refractivity contribution in [3.8, 4) is 0 Å². The fourth-order valence-corrected chi connectivity index (χ4v) is 6.38. The second kappa shape index (κ2) is 5.36. The van der Waals surface area contributed by atoms with E-state index >= 15 is 0 Å². The van der Waals surface area contributed by atoms with E-state index in [1.165, 1.54) is 19.3 Å². The molecular formula is C17H28ClNO2. The molecule has 0 unspecified atom stereocenters. The van der Waals surface area contributed by atoms with Gasteiger partial charge in [0.2, 0.25) is 0 Å². The number of nitrogens with zero attached hydrogens (tertiary/aromatic N) is 1. The average Bonchev–Trinajstić information content (AvgIpc) is 3.18. The predicted molar refractivity (Wildman–Crippen MR) is 83.8 cm³/mol. The summed E-state index contributed by atoms with van der Waals surface area (Å²) < 4.78 is 11.7. The molecule has 2 aliphatic heterocycles. The molecule has 2 saturated heterocycles. The first-order valence-corrected chi connectivity index (χ1v) is 8.76. The highest BCUT2D eigenvalue weighted by Gasteiger charge is 2.61. The molecule has 2 heterocycles. The van der Waals surface area contributed by atoms with Crippen molar-refractivity contribution in [3.05, 3.63) is 0 Å². The lowest BCUT2D eigenvalue weighted by atomic mass is 9.48. The molecule has 6 rings (SSSR count). The molecule has 0 radical (unpaired) electrons. The molecule has 6 fully saturated rings. The van der Waals surface area contributed by atoms with Crippen LogP contribution in [0.2, 0.25) is 0 Å². The van der Waals surface area contributed by atoms with E-state index in [-0.39, 0.29) is 12.4 Å². The second-order valence-electron chi connectivity index (χ2n) is 8.29. The topological polar surface area (TPSA) is 25.0 Å². The molecule has 0 aromatic carbocycles. The highest BCUT2D eigenvalue weighted by molar-refractivity contribution is 5.85. The van der Waals surface area contributed by atoms with E-state index in [1.807, 2.05) is 0 Å². The van der Waals surface area contributed by atoms with Gasteiger partial charge in [-0.2, -0.15) is 0 Å². The van der Waals surface area contributed by atoms with Gasteiger partial charge in [-0.15, -0.1) is 12.4 Å². The fraction of sp³-hybridized carbons (Fsp3) is 1.00. The van der Waals surface area contributed by atoms with Gasteiger partial charge in [-0.25, -0.2) is 0 Å². The maximum absolute atomic E-state index is 6.22. The first kappa shape index (κ1) is 14.7. The monoisotopic (exact) mass is 313 g/mol. The van der Waals surface area contributed by atoms with Gasteiger partial charge in [0.1, 0.15) is 0 Å². The smallest absolute Gasteiger partial charge is 0.0974 e. The Hall–Kier alpha value is 0.170. The summed E-state index contributed by atoms with van der Waals surface area (Å²) in [6.45, 7) is 5.19. The molecule has 0 aromatic rings. The van der Waals surface area contributed by atoms with Crippen LogP contribution in [0.25, 0.3) is 0 Å². The molecule has 3 nitrogen and oxygen atoms in total. The van der Waals surface area contributed by atoms with Crippen molar-refractivity contribution in [1.29, 1.82) is 0 Å². The first-order chi connectivity index (χ1) is 9.81. The normalized spacial score (nSPS) is 51.7. The van der Waals surface area contributed by atoms with Crippen molar-refractivity contribution in [3.63, 3.8) is 0 Å². The molecule has 0 N–H and O–H groups in total. The van der Waals surface area contributed by atoms with Gasteiger partial charge in [-0.05, 0) is 61.7 Å². The molecule has 0 amide bonds. The summed E-state index contributed by atoms with van der Waals surface area (Å²) in [5, 5.41) is 0. The molecule has 2 atom stereocenters. The SMILES string of the molecule is C1CN(C[C@H]2O[C@@H]2C23CC4CC(CC(C4)C2)C3)CCO1.Cl. The van der Waals surface area contributed by atoms with Crippen LogP contribution in [0.5, 0.6) is 0 Å². The molecule has 4 heteroatoms. The van der Waals surface area contributed by atoms with Gasteiger partial charge in [0.15, 0.2) is 0 Å². The van der Waals surface area contributed by atoms with Gasteiger partial charge < -0.3 is 9.47 Å². The quantitative estimate of drug-likeness (QED) is 0.749. The Balaban J connectivity index is 0.00000115. The lowest BCUT2D eigenvalue weighted by Crippen LogP contribution is -2.49. The van der Waals surface area contributed by atoms with Crippen LogP contribution >= 0.6 is 12.4 Å². The molecule has 0 aromatic heterocycles. The van der Waals surface area contributed by atoms with Gasteiger partial charge in [-0.1, -0.05) is 0 Å². The summed E-state index contributed by atoms with van der Waals surface area (Å²) in [5.41, 5.74) is 0.603. The zero-order valence-corrected chi connectivity index (χ0v) is 13.7. The third kappa shape index (κ3) is 2.54. The van der Waals surface area contributed by atoms with Crippen LogP contribution in [0.4, 0.5) is 0 Å². The van der Waals surface area contributed by atoms with Crippen LogP contribution in [0.15, 0.2) is 0 Å². The molecule has 4 aliphatic carbocycles. The van der Waals surface area contributed by atoms with Crippen molar-refractivity contribution >= 4 is 12.4 Å². The van der Waals surface area contributed by atoms with Gasteiger partial charge in [0, 0.05) is 19.6 Å². The highest BCUT2D eigenvalue weighted by atomic mass is 35.5. The van der Waals surface area contributed by atoms with E-state index in [9.17, 15) is 0 Å². The van der Waals surface area contributed by atoms with Crippen LogP contribution in [0.3, 0.4) is 0 Å². The summed E-state index contributed by atoms with van der Waals surface area (Å²) in [4.78, 5) is 2.55. The summed E-state index contributed by atoms with van der Waals surface area (Å²) >= 11 is 0. The minimum Gasteiger partial charge on any atom is -0.379 e. The van der Waals surface area contributed by atoms with Crippen molar-refractivity contribution in [2.75, 3.05) is 32.8 Å². The summed E-state index contributed by atoms with van der Waals surface area (Å²) in [6, 6.07) is 0. The molecule has 120 valence electrons. The molecular weight excluding hydrogens is 286 g/mol. The van der Waals surface area contributed by atoms with Crippen molar-refractivity contribution in [2.45, 2.75) is 50.7 Å². The number of ether oxygens (including phenoxy) is 2. The van der Waals surface area contributed by atoms with Crippen LogP contribution in [-0.4, -0.2) is 50.0 Å². The number of hydrogen-bond acceptors (Lipinski definition) is 3. The van der Waals surface area contributed by atoms with Crippen molar-refractivity contribution in [2.24, 2.45) is 23.2 Å². The zero-order chi connectivity index (χ0) is 13.2. The van der Waals surface area contributed by atoms with Gasteiger partial charge in [0.25, 0.3) is 0 Å². The van der Waals surface area contributed by atoms with Crippen LogP contribution in [-0.2, 0) is 9.47 Å². The Morgan fingerprint density at radius 1 is 0.905 bits per heavy atom. The molecule has 6 aliphatic rings. The van der Waals surface area contributed by atoms with Gasteiger partial charge >= 0.3 is 0 Å². The van der Waals surface area contributed by atoms with E-state index in [2.05, 4.69) is 4.90 Å². The predicted octanol–water partition coefficient (Wildman–Crippen LogP) is 2.72. The first-order valence-electron chi connectivity index (χ1n) is 8.76. The number of hydrogen-bond donors (Lipinski definition) is 0. The fourth-order valence-electron chi connectivity index (χ4n) is 6.38. The lowest BCUT2D eigenvalue weighted by molar-refractivity contribution is -0.0670. The maximum Gasteiger partial charge on any atom is 0.0974 e. The minimum atomic E-state index is 0. The van der Waals surface area contributed by atoms with Crippen LogP contribution in [0, 0.1) is 23.2 Å².